The van der Waals surface area contributed by atoms with E-state index in [4.69, 9.17) is 5.84 Å². The maximum absolute atomic E-state index is 11.2. The van der Waals surface area contributed by atoms with E-state index in [1.165, 1.54) is 22.3 Å². The van der Waals surface area contributed by atoms with E-state index in [9.17, 15) is 4.79 Å². The lowest BCUT2D eigenvalue weighted by Crippen LogP contribution is -2.31. The summed E-state index contributed by atoms with van der Waals surface area (Å²) >= 11 is 0. The molecule has 2 aromatic rings. The van der Waals surface area contributed by atoms with Crippen LogP contribution in [-0.2, 0) is 24.1 Å². The molecule has 0 fully saturated rings. The molecule has 118 valence electrons. The molecule has 0 aliphatic heterocycles. The third-order valence-corrected chi connectivity index (χ3v) is 3.82. The summed E-state index contributed by atoms with van der Waals surface area (Å²) in [6, 6.07) is 14.8. The predicted molar refractivity (Wildman–Crippen MR) is 93.0 cm³/mol. The first-order chi connectivity index (χ1) is 10.1. The van der Waals surface area contributed by atoms with Crippen LogP contribution in [0, 0.1) is 13.8 Å². The molecule has 3 N–H and O–H groups in total. The lowest BCUT2D eigenvalue weighted by molar-refractivity contribution is -0.120. The van der Waals surface area contributed by atoms with E-state index in [1.807, 2.05) is 12.1 Å². The third-order valence-electron chi connectivity index (χ3n) is 3.82. The number of aryl methyl sites for hydroxylation is 4. The molecular weight excluding hydrogens is 296 g/mol. The lowest BCUT2D eigenvalue weighted by Gasteiger charge is -2.06. The van der Waals surface area contributed by atoms with Crippen molar-refractivity contribution in [3.63, 3.8) is 0 Å². The number of amides is 1. The molecule has 0 aromatic heterocycles. The summed E-state index contributed by atoms with van der Waals surface area (Å²) in [5.41, 5.74) is 8.45. The van der Waals surface area contributed by atoms with Crippen molar-refractivity contribution in [2.24, 2.45) is 5.84 Å². The topological polar surface area (TPSA) is 55.1 Å². The van der Waals surface area contributed by atoms with Crippen molar-refractivity contribution >= 4 is 18.3 Å². The number of nitrogens with one attached hydrogen (secondary N) is 1. The number of hydrogen-bond donors (Lipinski definition) is 2. The SMILES string of the molecule is Cc1ccc(CCc2ccc(CC(=O)NN)cc2)cc1C.Cl. The van der Waals surface area contributed by atoms with E-state index in [-0.39, 0.29) is 18.3 Å². The number of nitrogens with two attached hydrogens (primary N) is 1. The fraction of sp³-hybridized carbons (Fsp3) is 0.278. The summed E-state index contributed by atoms with van der Waals surface area (Å²) in [4.78, 5) is 11.2. The Morgan fingerprint density at radius 1 is 0.909 bits per heavy atom. The van der Waals surface area contributed by atoms with E-state index in [2.05, 4.69) is 49.6 Å². The zero-order chi connectivity index (χ0) is 15.2. The van der Waals surface area contributed by atoms with Gasteiger partial charge in [-0.05, 0) is 54.5 Å². The van der Waals surface area contributed by atoms with Crippen LogP contribution in [0.1, 0.15) is 27.8 Å². The molecule has 0 aliphatic carbocycles. The van der Waals surface area contributed by atoms with Crippen LogP contribution >= 0.6 is 12.4 Å². The molecule has 1 amide bonds. The van der Waals surface area contributed by atoms with Crippen molar-refractivity contribution in [3.8, 4) is 0 Å². The van der Waals surface area contributed by atoms with Gasteiger partial charge >= 0.3 is 0 Å². The molecule has 0 saturated carbocycles. The molecule has 0 spiro atoms. The quantitative estimate of drug-likeness (QED) is 0.506. The summed E-state index contributed by atoms with van der Waals surface area (Å²) in [7, 11) is 0. The summed E-state index contributed by atoms with van der Waals surface area (Å²) in [6.45, 7) is 4.28. The van der Waals surface area contributed by atoms with Gasteiger partial charge in [-0.25, -0.2) is 5.84 Å². The number of hydrazine groups is 1. The average molecular weight is 319 g/mol. The molecular formula is C18H23ClN2O. The van der Waals surface area contributed by atoms with Crippen LogP contribution in [0.15, 0.2) is 42.5 Å². The summed E-state index contributed by atoms with van der Waals surface area (Å²) in [5.74, 6) is 4.92. The van der Waals surface area contributed by atoms with Crippen molar-refractivity contribution in [2.75, 3.05) is 0 Å². The first-order valence-corrected chi connectivity index (χ1v) is 7.22. The number of carbonyl (C=O) groups excluding carboxylic acids is 1. The van der Waals surface area contributed by atoms with Crippen LogP contribution in [0.2, 0.25) is 0 Å². The Morgan fingerprint density at radius 3 is 2.05 bits per heavy atom. The number of halogens is 1. The van der Waals surface area contributed by atoms with Crippen LogP contribution < -0.4 is 11.3 Å². The van der Waals surface area contributed by atoms with Gasteiger partial charge in [0.25, 0.3) is 0 Å². The van der Waals surface area contributed by atoms with Gasteiger partial charge in [-0.1, -0.05) is 42.5 Å². The van der Waals surface area contributed by atoms with Crippen LogP contribution in [0.4, 0.5) is 0 Å². The summed E-state index contributed by atoms with van der Waals surface area (Å²) < 4.78 is 0. The van der Waals surface area contributed by atoms with Gasteiger partial charge in [0.05, 0.1) is 6.42 Å². The Kier molecular flexibility index (Phi) is 7.09. The first-order valence-electron chi connectivity index (χ1n) is 7.22. The maximum Gasteiger partial charge on any atom is 0.238 e. The van der Waals surface area contributed by atoms with E-state index < -0.39 is 0 Å². The van der Waals surface area contributed by atoms with Gasteiger partial charge in [-0.2, -0.15) is 0 Å². The Hall–Kier alpha value is -1.84. The van der Waals surface area contributed by atoms with Gasteiger partial charge < -0.3 is 0 Å². The molecule has 3 nitrogen and oxygen atoms in total. The largest absolute Gasteiger partial charge is 0.294 e. The number of carbonyl (C=O) groups is 1. The molecule has 22 heavy (non-hydrogen) atoms. The van der Waals surface area contributed by atoms with Crippen molar-refractivity contribution in [1.29, 1.82) is 0 Å². The molecule has 2 aromatic carbocycles. The zero-order valence-corrected chi connectivity index (χ0v) is 13.9. The van der Waals surface area contributed by atoms with Crippen molar-refractivity contribution < 1.29 is 4.79 Å². The number of hydrogen-bond acceptors (Lipinski definition) is 2. The monoisotopic (exact) mass is 318 g/mol. The second kappa shape index (κ2) is 8.57. The van der Waals surface area contributed by atoms with Crippen LogP contribution in [0.5, 0.6) is 0 Å². The molecule has 0 aliphatic rings. The van der Waals surface area contributed by atoms with Gasteiger partial charge in [0.15, 0.2) is 0 Å². The van der Waals surface area contributed by atoms with E-state index in [0.717, 1.165) is 18.4 Å². The Bertz CT molecular complexity index is 623. The average Bonchev–Trinajstić information content (AvgIpc) is 2.50. The molecule has 0 bridgehead atoms. The first kappa shape index (κ1) is 18.2. The molecule has 4 heteroatoms. The van der Waals surface area contributed by atoms with Gasteiger partial charge in [-0.3, -0.25) is 10.2 Å². The standard InChI is InChI=1S/C18H22N2O.ClH/c1-13-3-4-16(11-14(13)2)8-5-15-6-9-17(10-7-15)12-18(21)20-19;/h3-4,6-7,9-11H,5,8,12,19H2,1-2H3,(H,20,21);1H. The Balaban J connectivity index is 0.00000242. The Labute approximate surface area is 138 Å². The normalized spacial score (nSPS) is 9.95. The third kappa shape index (κ3) is 5.17. The minimum atomic E-state index is -0.169. The van der Waals surface area contributed by atoms with E-state index in [1.54, 1.807) is 0 Å². The number of benzene rings is 2. The smallest absolute Gasteiger partial charge is 0.238 e. The van der Waals surface area contributed by atoms with Crippen LogP contribution in [-0.4, -0.2) is 5.91 Å². The van der Waals surface area contributed by atoms with Gasteiger partial charge in [0, 0.05) is 0 Å². The van der Waals surface area contributed by atoms with Gasteiger partial charge in [0.1, 0.15) is 0 Å². The highest BCUT2D eigenvalue weighted by atomic mass is 35.5. The highest BCUT2D eigenvalue weighted by molar-refractivity contribution is 5.85. The molecule has 0 unspecified atom stereocenters. The van der Waals surface area contributed by atoms with Crippen molar-refractivity contribution in [3.05, 3.63) is 70.3 Å². The van der Waals surface area contributed by atoms with Crippen molar-refractivity contribution in [1.82, 2.24) is 5.43 Å². The molecule has 2 rings (SSSR count). The summed E-state index contributed by atoms with van der Waals surface area (Å²) in [6.07, 6.45) is 2.36. The fourth-order valence-corrected chi connectivity index (χ4v) is 2.31. The fourth-order valence-electron chi connectivity index (χ4n) is 2.31. The van der Waals surface area contributed by atoms with Crippen molar-refractivity contribution in [2.45, 2.75) is 33.1 Å². The van der Waals surface area contributed by atoms with E-state index >= 15 is 0 Å². The second-order valence-electron chi connectivity index (χ2n) is 5.48. The van der Waals surface area contributed by atoms with Gasteiger partial charge in [-0.15, -0.1) is 12.4 Å². The predicted octanol–water partition coefficient (Wildman–Crippen LogP) is 3.04. The molecule has 0 saturated heterocycles. The van der Waals surface area contributed by atoms with Crippen LogP contribution in [0.3, 0.4) is 0 Å². The van der Waals surface area contributed by atoms with E-state index in [0.29, 0.717) is 6.42 Å². The molecule has 0 atom stereocenters. The lowest BCUT2D eigenvalue weighted by atomic mass is 9.99. The number of rotatable bonds is 5. The maximum atomic E-state index is 11.2. The summed E-state index contributed by atoms with van der Waals surface area (Å²) in [5, 5.41) is 0. The minimum Gasteiger partial charge on any atom is -0.294 e. The molecule has 0 radical (unpaired) electrons. The van der Waals surface area contributed by atoms with Crippen LogP contribution in [0.25, 0.3) is 0 Å². The molecule has 0 heterocycles. The minimum absolute atomic E-state index is 0. The Morgan fingerprint density at radius 2 is 1.45 bits per heavy atom. The highest BCUT2D eigenvalue weighted by Crippen LogP contribution is 2.13. The highest BCUT2D eigenvalue weighted by Gasteiger charge is 2.02. The second-order valence-corrected chi connectivity index (χ2v) is 5.48. The zero-order valence-electron chi connectivity index (χ0n) is 13.1. The van der Waals surface area contributed by atoms with Gasteiger partial charge in [0.2, 0.25) is 5.91 Å².